The number of rotatable bonds is 3. The van der Waals surface area contributed by atoms with Gasteiger partial charge in [-0.2, -0.15) is 0 Å². The van der Waals surface area contributed by atoms with E-state index in [1.54, 1.807) is 31.4 Å². The van der Waals surface area contributed by atoms with E-state index in [1.807, 2.05) is 25.1 Å². The summed E-state index contributed by atoms with van der Waals surface area (Å²) in [6, 6.07) is 12.5. The first-order valence-corrected chi connectivity index (χ1v) is 7.12. The maximum atomic E-state index is 12.1. The van der Waals surface area contributed by atoms with Crippen molar-refractivity contribution in [3.63, 3.8) is 0 Å². The van der Waals surface area contributed by atoms with Crippen molar-refractivity contribution in [2.24, 2.45) is 0 Å². The van der Waals surface area contributed by atoms with Crippen LogP contribution >= 0.6 is 0 Å². The normalized spacial score (nSPS) is 11.7. The van der Waals surface area contributed by atoms with Gasteiger partial charge in [0.2, 0.25) is 0 Å². The quantitative estimate of drug-likeness (QED) is 0.728. The third-order valence-electron chi connectivity index (χ3n) is 3.53. The van der Waals surface area contributed by atoms with E-state index in [2.05, 4.69) is 9.97 Å². The molecule has 0 aliphatic carbocycles. The molecule has 2 aromatic carbocycles. The van der Waals surface area contributed by atoms with Crippen LogP contribution in [0.2, 0.25) is 0 Å². The van der Waals surface area contributed by atoms with Gasteiger partial charge in [-0.1, -0.05) is 6.07 Å². The molecule has 1 aromatic heterocycles. The second kappa shape index (κ2) is 5.96. The number of methoxy groups -OCH3 is 1. The molecule has 3 aromatic rings. The van der Waals surface area contributed by atoms with Crippen molar-refractivity contribution in [1.82, 2.24) is 9.97 Å². The molecule has 1 heterocycles. The minimum atomic E-state index is -0.344. The predicted octanol–water partition coefficient (Wildman–Crippen LogP) is 3.30. The number of nitrogens with zero attached hydrogens (tertiary/aromatic N) is 1. The van der Waals surface area contributed by atoms with Gasteiger partial charge in [0.25, 0.3) is 5.56 Å². The van der Waals surface area contributed by atoms with Crippen LogP contribution in [0.25, 0.3) is 22.9 Å². The second-order valence-corrected chi connectivity index (χ2v) is 5.23. The molecule has 5 nitrogen and oxygen atoms in total. The lowest BCUT2D eigenvalue weighted by atomic mass is 10.1. The van der Waals surface area contributed by atoms with Gasteiger partial charge < -0.3 is 14.8 Å². The minimum absolute atomic E-state index is 0.0304. The maximum Gasteiger partial charge on any atom is 0.274 e. The van der Waals surface area contributed by atoms with Gasteiger partial charge in [-0.05, 0) is 48.9 Å². The van der Waals surface area contributed by atoms with Crippen molar-refractivity contribution >= 4 is 22.9 Å². The fourth-order valence-electron chi connectivity index (χ4n) is 2.29. The summed E-state index contributed by atoms with van der Waals surface area (Å²) in [4.78, 5) is 19.2. The Hall–Kier alpha value is -3.08. The Morgan fingerprint density at radius 2 is 1.96 bits per heavy atom. The van der Waals surface area contributed by atoms with Gasteiger partial charge in [-0.3, -0.25) is 4.79 Å². The van der Waals surface area contributed by atoms with E-state index in [1.165, 1.54) is 6.08 Å². The summed E-state index contributed by atoms with van der Waals surface area (Å²) >= 11 is 0. The van der Waals surface area contributed by atoms with Crippen molar-refractivity contribution in [2.45, 2.75) is 6.92 Å². The Bertz CT molecular complexity index is 941. The molecule has 3 rings (SSSR count). The van der Waals surface area contributed by atoms with Crippen LogP contribution in [0.15, 0.2) is 47.3 Å². The molecule has 0 saturated heterocycles. The summed E-state index contributed by atoms with van der Waals surface area (Å²) in [7, 11) is 1.57. The first-order valence-electron chi connectivity index (χ1n) is 7.12. The summed E-state index contributed by atoms with van der Waals surface area (Å²) in [6.45, 7) is 1.95. The van der Waals surface area contributed by atoms with Crippen LogP contribution in [0.5, 0.6) is 5.75 Å². The van der Waals surface area contributed by atoms with Gasteiger partial charge in [-0.25, -0.2) is 4.98 Å². The van der Waals surface area contributed by atoms with Crippen molar-refractivity contribution in [2.75, 3.05) is 7.11 Å². The summed E-state index contributed by atoms with van der Waals surface area (Å²) in [5.41, 5.74) is 2.79. The van der Waals surface area contributed by atoms with Crippen LogP contribution in [0.1, 0.15) is 16.8 Å². The van der Waals surface area contributed by atoms with E-state index in [0.29, 0.717) is 22.3 Å². The van der Waals surface area contributed by atoms with Crippen molar-refractivity contribution in [1.29, 1.82) is 0 Å². The third-order valence-corrected chi connectivity index (χ3v) is 3.53. The zero-order valence-electron chi connectivity index (χ0n) is 12.8. The van der Waals surface area contributed by atoms with Gasteiger partial charge >= 0.3 is 0 Å². The van der Waals surface area contributed by atoms with E-state index in [9.17, 15) is 9.90 Å². The highest BCUT2D eigenvalue weighted by Crippen LogP contribution is 2.18. The number of fused-ring (bicyclic) bond motifs is 1. The number of nitrogens with one attached hydrogen (secondary N) is 1. The lowest BCUT2D eigenvalue weighted by molar-refractivity contribution is 0.414. The minimum Gasteiger partial charge on any atom is -0.507 e. The number of hydrogen-bond donors (Lipinski definition) is 2. The van der Waals surface area contributed by atoms with E-state index >= 15 is 0 Å². The standard InChI is InChI=1S/C18H16N2O3/c1-11-3-8-14-15(9-11)20-18(22)16(19-14)10-17(21)12-4-6-13(23-2)7-5-12/h3-10,21H,1-2H3,(H,20,22)/b17-10-. The van der Waals surface area contributed by atoms with Gasteiger partial charge in [0.05, 0.1) is 18.1 Å². The number of aromatic nitrogens is 2. The molecule has 0 spiro atoms. The number of aliphatic hydroxyl groups excluding tert-OH is 1. The Morgan fingerprint density at radius 3 is 2.65 bits per heavy atom. The van der Waals surface area contributed by atoms with Gasteiger partial charge in [0.1, 0.15) is 17.2 Å². The average Bonchev–Trinajstić information content (AvgIpc) is 2.55. The summed E-state index contributed by atoms with van der Waals surface area (Å²) in [5.74, 6) is 0.663. The first kappa shape index (κ1) is 14.8. The van der Waals surface area contributed by atoms with Crippen molar-refractivity contribution < 1.29 is 9.84 Å². The topological polar surface area (TPSA) is 75.2 Å². The van der Waals surface area contributed by atoms with Crippen LogP contribution in [0, 0.1) is 6.92 Å². The zero-order valence-corrected chi connectivity index (χ0v) is 12.8. The van der Waals surface area contributed by atoms with Crippen LogP contribution in [-0.2, 0) is 0 Å². The molecular weight excluding hydrogens is 292 g/mol. The molecule has 0 aliphatic rings. The molecule has 116 valence electrons. The number of aliphatic hydroxyl groups is 1. The van der Waals surface area contributed by atoms with Crippen LogP contribution in [-0.4, -0.2) is 22.2 Å². The summed E-state index contributed by atoms with van der Waals surface area (Å²) in [6.07, 6.45) is 1.36. The molecule has 0 fully saturated rings. The maximum absolute atomic E-state index is 12.1. The van der Waals surface area contributed by atoms with E-state index in [0.717, 1.165) is 5.56 Å². The lowest BCUT2D eigenvalue weighted by Gasteiger charge is -2.04. The number of hydrogen-bond acceptors (Lipinski definition) is 4. The van der Waals surface area contributed by atoms with Crippen LogP contribution in [0.4, 0.5) is 0 Å². The largest absolute Gasteiger partial charge is 0.507 e. The zero-order chi connectivity index (χ0) is 16.4. The average molecular weight is 308 g/mol. The van der Waals surface area contributed by atoms with Gasteiger partial charge in [0, 0.05) is 11.6 Å². The fourth-order valence-corrected chi connectivity index (χ4v) is 2.29. The van der Waals surface area contributed by atoms with Gasteiger partial charge in [0.15, 0.2) is 0 Å². The highest BCUT2D eigenvalue weighted by Gasteiger charge is 2.06. The van der Waals surface area contributed by atoms with Crippen LogP contribution < -0.4 is 10.3 Å². The number of aromatic amines is 1. The Morgan fingerprint density at radius 1 is 1.22 bits per heavy atom. The fraction of sp³-hybridized carbons (Fsp3) is 0.111. The molecule has 0 amide bonds. The molecule has 23 heavy (non-hydrogen) atoms. The van der Waals surface area contributed by atoms with Crippen molar-refractivity contribution in [3.05, 3.63) is 69.6 Å². The number of ether oxygens (including phenoxy) is 1. The molecule has 0 unspecified atom stereocenters. The highest BCUT2D eigenvalue weighted by molar-refractivity contribution is 5.79. The Labute approximate surface area is 132 Å². The Balaban J connectivity index is 2.03. The van der Waals surface area contributed by atoms with E-state index < -0.39 is 0 Å². The number of benzene rings is 2. The smallest absolute Gasteiger partial charge is 0.274 e. The summed E-state index contributed by atoms with van der Waals surface area (Å²) < 4.78 is 5.08. The van der Waals surface area contributed by atoms with E-state index in [4.69, 9.17) is 4.74 Å². The molecule has 2 N–H and O–H groups in total. The van der Waals surface area contributed by atoms with Crippen molar-refractivity contribution in [3.8, 4) is 5.75 Å². The SMILES string of the molecule is COc1ccc(/C(O)=C/c2nc3ccc(C)cc3[nH]c2=O)cc1. The third kappa shape index (κ3) is 3.08. The number of H-pyrrole nitrogens is 1. The lowest BCUT2D eigenvalue weighted by Crippen LogP contribution is -2.12. The molecule has 0 atom stereocenters. The monoisotopic (exact) mass is 308 g/mol. The summed E-state index contributed by atoms with van der Waals surface area (Å²) in [5, 5.41) is 10.2. The molecule has 0 aliphatic heterocycles. The molecule has 0 saturated carbocycles. The van der Waals surface area contributed by atoms with E-state index in [-0.39, 0.29) is 17.0 Å². The predicted molar refractivity (Wildman–Crippen MR) is 90.6 cm³/mol. The molecular formula is C18H16N2O3. The second-order valence-electron chi connectivity index (χ2n) is 5.23. The van der Waals surface area contributed by atoms with Gasteiger partial charge in [-0.15, -0.1) is 0 Å². The molecule has 5 heteroatoms. The molecule has 0 radical (unpaired) electrons. The Kier molecular flexibility index (Phi) is 3.85. The highest BCUT2D eigenvalue weighted by atomic mass is 16.5. The number of aryl methyl sites for hydroxylation is 1. The molecule has 0 bridgehead atoms. The first-order chi connectivity index (χ1) is 11.1. The van der Waals surface area contributed by atoms with Crippen LogP contribution in [0.3, 0.4) is 0 Å².